The Kier molecular flexibility index (Phi) is 10.3. The number of fused-ring (bicyclic) bond motifs is 4. The van der Waals surface area contributed by atoms with Gasteiger partial charge in [-0.3, -0.25) is 9.56 Å². The Morgan fingerprint density at radius 1 is 0.710 bits per heavy atom. The molecule has 6 aromatic rings. The summed E-state index contributed by atoms with van der Waals surface area (Å²) in [7, 11) is 0. The van der Waals surface area contributed by atoms with Gasteiger partial charge in [0.15, 0.2) is 5.82 Å². The molecule has 1 N–H and O–H groups in total. The van der Waals surface area contributed by atoms with Gasteiger partial charge in [0.25, 0.3) is 0 Å². The predicted molar refractivity (Wildman–Crippen MR) is 252 cm³/mol. The maximum atomic E-state index is 10.2. The lowest BCUT2D eigenvalue weighted by Crippen LogP contribution is -2.57. The van der Waals surface area contributed by atoms with Crippen LogP contribution < -0.4 is 9.80 Å². The van der Waals surface area contributed by atoms with Crippen molar-refractivity contribution in [2.75, 3.05) is 75.2 Å². The third-order valence-corrected chi connectivity index (χ3v) is 15.9. The fourth-order valence-corrected chi connectivity index (χ4v) is 12.4. The molecule has 0 amide bonds. The van der Waals surface area contributed by atoms with Gasteiger partial charge >= 0.3 is 0 Å². The molecule has 318 valence electrons. The molecule has 2 aromatic heterocycles. The zero-order chi connectivity index (χ0) is 42.1. The Morgan fingerprint density at radius 2 is 1.34 bits per heavy atom. The highest BCUT2D eigenvalue weighted by Crippen LogP contribution is 2.47. The first-order valence-corrected chi connectivity index (χ1v) is 23.7. The Labute approximate surface area is 370 Å². The number of hydrogen-bond acceptors (Lipinski definition) is 9. The van der Waals surface area contributed by atoms with Crippen LogP contribution in [0.15, 0.2) is 102 Å². The van der Waals surface area contributed by atoms with Crippen LogP contribution in [0, 0.1) is 32.6 Å². The number of rotatable bonds is 9. The summed E-state index contributed by atoms with van der Waals surface area (Å²) in [4.78, 5) is 17.1. The molecule has 9 nitrogen and oxygen atoms in total. The lowest BCUT2D eigenvalue weighted by atomic mass is 9.69. The second-order valence-corrected chi connectivity index (χ2v) is 20.0. The van der Waals surface area contributed by atoms with Crippen molar-refractivity contribution < 1.29 is 5.11 Å². The highest BCUT2D eigenvalue weighted by Gasteiger charge is 2.35. The molecular weight excluding hydrogens is 785 g/mol. The number of benzene rings is 4. The first-order valence-electron chi connectivity index (χ1n) is 22.9. The number of aryl methyl sites for hydroxylation is 3. The molecule has 4 aromatic carbocycles. The Balaban J connectivity index is 0.647. The summed E-state index contributed by atoms with van der Waals surface area (Å²) in [5.41, 5.74) is 12.8. The van der Waals surface area contributed by atoms with E-state index in [2.05, 4.69) is 140 Å². The van der Waals surface area contributed by atoms with Gasteiger partial charge in [0.1, 0.15) is 22.6 Å². The van der Waals surface area contributed by atoms with Crippen molar-refractivity contribution in [2.24, 2.45) is 16.8 Å². The van der Waals surface area contributed by atoms with Gasteiger partial charge in [-0.15, -0.1) is 21.5 Å². The minimum absolute atomic E-state index is 0.0687. The van der Waals surface area contributed by atoms with Gasteiger partial charge in [0, 0.05) is 111 Å². The molecule has 6 heterocycles. The van der Waals surface area contributed by atoms with E-state index in [1.54, 1.807) is 0 Å². The van der Waals surface area contributed by atoms with Crippen molar-refractivity contribution in [3.8, 4) is 10.8 Å². The number of hydrogen-bond donors (Lipinski definition) is 1. The summed E-state index contributed by atoms with van der Waals surface area (Å²) in [5.74, 6) is 4.37. The molecule has 3 atom stereocenters. The van der Waals surface area contributed by atoms with E-state index in [1.807, 2.05) is 30.4 Å². The average Bonchev–Trinajstić information content (AvgIpc) is 3.75. The van der Waals surface area contributed by atoms with Gasteiger partial charge in [0.05, 0.1) is 5.71 Å². The lowest BCUT2D eigenvalue weighted by molar-refractivity contribution is 0.0961. The molecule has 3 fully saturated rings. The van der Waals surface area contributed by atoms with E-state index in [0.717, 1.165) is 68.2 Å². The summed E-state index contributed by atoms with van der Waals surface area (Å²) in [6.45, 7) is 20.2. The summed E-state index contributed by atoms with van der Waals surface area (Å²) < 4.78 is 2.21. The molecule has 0 spiro atoms. The van der Waals surface area contributed by atoms with Crippen molar-refractivity contribution in [1.29, 1.82) is 0 Å². The zero-order valence-electron chi connectivity index (χ0n) is 36.5. The van der Waals surface area contributed by atoms with Gasteiger partial charge in [-0.05, 0) is 111 Å². The standard InChI is InChI=1S/C52H58N8OS/c1-33-35(3)62-52-48(33)50(53-34(2)51-55-54-36(4)60(51)52)41-12-17-44(18-13-41)59-31-38(32-59)28-57-24-22-56(23-25-57)27-37-29-58(30-37)43-15-10-40(11-16-43)49-46(39-8-6-5-7-9-39)20-14-42-26-45(61)19-21-47(42)49/h5-13,15-19,21,26,34,37-38,46,49,61H,14,20,22-25,27-32H2,1-4H3/t34-,46-,49+/m1/s1. The van der Waals surface area contributed by atoms with Crippen LogP contribution in [0.2, 0.25) is 0 Å². The number of phenolic OH excluding ortho intramolecular Hbond substituents is 1. The van der Waals surface area contributed by atoms with Crippen molar-refractivity contribution in [2.45, 2.75) is 58.4 Å². The van der Waals surface area contributed by atoms with Crippen LogP contribution in [0.1, 0.15) is 86.7 Å². The van der Waals surface area contributed by atoms with Crippen molar-refractivity contribution in [3.63, 3.8) is 0 Å². The first kappa shape index (κ1) is 39.5. The number of aromatic hydroxyl groups is 1. The van der Waals surface area contributed by atoms with Crippen LogP contribution >= 0.6 is 11.3 Å². The maximum absolute atomic E-state index is 10.2. The zero-order valence-corrected chi connectivity index (χ0v) is 37.4. The normalized spacial score (nSPS) is 22.0. The SMILES string of the molecule is Cc1sc2c(c1C)C(c1ccc(N3CC(CN4CCN(CC5CN(c6ccc([C@@H]7c8ccc(O)cc8CC[C@@H]7c7ccccc7)cc6)C5)CC4)C3)cc1)=N[C@H](C)c1nnc(C)n1-2. The summed E-state index contributed by atoms with van der Waals surface area (Å²) in [6.07, 6.45) is 2.09. The molecule has 4 aliphatic heterocycles. The second-order valence-electron chi connectivity index (χ2n) is 18.8. The van der Waals surface area contributed by atoms with Crippen molar-refractivity contribution >= 4 is 28.4 Å². The highest BCUT2D eigenvalue weighted by molar-refractivity contribution is 7.15. The minimum atomic E-state index is -0.0687. The lowest BCUT2D eigenvalue weighted by Gasteiger charge is -2.46. The van der Waals surface area contributed by atoms with Crippen LogP contribution in [0.4, 0.5) is 11.4 Å². The van der Waals surface area contributed by atoms with Crippen LogP contribution in [-0.2, 0) is 6.42 Å². The van der Waals surface area contributed by atoms with Crippen molar-refractivity contribution in [1.82, 2.24) is 24.6 Å². The quantitative estimate of drug-likeness (QED) is 0.156. The Morgan fingerprint density at radius 3 is 1.98 bits per heavy atom. The second kappa shape index (κ2) is 16.1. The van der Waals surface area contributed by atoms with Gasteiger partial charge in [-0.1, -0.05) is 60.7 Å². The number of anilines is 2. The molecule has 5 aliphatic rings. The molecule has 3 saturated heterocycles. The number of phenols is 1. The van der Waals surface area contributed by atoms with Gasteiger partial charge < -0.3 is 24.7 Å². The predicted octanol–water partition coefficient (Wildman–Crippen LogP) is 8.92. The molecule has 11 rings (SSSR count). The van der Waals surface area contributed by atoms with Gasteiger partial charge in [-0.2, -0.15) is 0 Å². The number of nitrogens with zero attached hydrogens (tertiary/aromatic N) is 8. The molecule has 62 heavy (non-hydrogen) atoms. The smallest absolute Gasteiger partial charge is 0.162 e. The summed E-state index contributed by atoms with van der Waals surface area (Å²) in [5, 5.41) is 20.4. The maximum Gasteiger partial charge on any atom is 0.162 e. The number of piperazine rings is 1. The average molecular weight is 843 g/mol. The van der Waals surface area contributed by atoms with Crippen LogP contribution in [-0.4, -0.2) is 101 Å². The fourth-order valence-electron chi connectivity index (χ4n) is 11.2. The Hall–Kier alpha value is -5.29. The van der Waals surface area contributed by atoms with E-state index >= 15 is 0 Å². The van der Waals surface area contributed by atoms with Crippen molar-refractivity contribution in [3.05, 3.63) is 153 Å². The van der Waals surface area contributed by atoms with E-state index in [0.29, 0.717) is 11.7 Å². The third kappa shape index (κ3) is 7.23. The molecule has 1 aliphatic carbocycles. The number of thiophene rings is 1. The van der Waals surface area contributed by atoms with Crippen LogP contribution in [0.5, 0.6) is 5.75 Å². The van der Waals surface area contributed by atoms with E-state index in [-0.39, 0.29) is 12.0 Å². The minimum Gasteiger partial charge on any atom is -0.508 e. The highest BCUT2D eigenvalue weighted by atomic mass is 32.1. The van der Waals surface area contributed by atoms with Crippen LogP contribution in [0.3, 0.4) is 0 Å². The molecule has 0 radical (unpaired) electrons. The van der Waals surface area contributed by atoms with Gasteiger partial charge in [0.2, 0.25) is 0 Å². The molecular formula is C52H58N8OS. The summed E-state index contributed by atoms with van der Waals surface area (Å²) >= 11 is 1.82. The fraction of sp³-hybridized carbons (Fsp3) is 0.404. The Bertz CT molecular complexity index is 2600. The van der Waals surface area contributed by atoms with Gasteiger partial charge in [-0.25, -0.2) is 0 Å². The third-order valence-electron chi connectivity index (χ3n) is 14.7. The first-order chi connectivity index (χ1) is 30.2. The summed E-state index contributed by atoms with van der Waals surface area (Å²) in [6, 6.07) is 35.5. The molecule has 10 heteroatoms. The monoisotopic (exact) mass is 842 g/mol. The number of aliphatic imine (C=N–C) groups is 1. The molecule has 0 saturated carbocycles. The topological polar surface area (TPSA) is 76.3 Å². The molecule has 0 unspecified atom stereocenters. The molecule has 0 bridgehead atoms. The number of aromatic nitrogens is 3. The largest absolute Gasteiger partial charge is 0.508 e. The van der Waals surface area contributed by atoms with E-state index < -0.39 is 0 Å². The van der Waals surface area contributed by atoms with E-state index in [1.165, 1.54) is 99.5 Å². The van der Waals surface area contributed by atoms with E-state index in [9.17, 15) is 5.11 Å². The van der Waals surface area contributed by atoms with Crippen LogP contribution in [0.25, 0.3) is 5.00 Å². The van der Waals surface area contributed by atoms with E-state index in [4.69, 9.17) is 4.99 Å².